The fourth-order valence-corrected chi connectivity index (χ4v) is 1.83. The quantitative estimate of drug-likeness (QED) is 0.515. The highest BCUT2D eigenvalue weighted by molar-refractivity contribution is 5.25. The Morgan fingerprint density at radius 1 is 1.37 bits per heavy atom. The minimum atomic E-state index is 0.160. The van der Waals surface area contributed by atoms with Gasteiger partial charge in [0.1, 0.15) is 0 Å². The second kappa shape index (κ2) is 9.56. The van der Waals surface area contributed by atoms with E-state index >= 15 is 0 Å². The van der Waals surface area contributed by atoms with Gasteiger partial charge in [0.2, 0.25) is 5.88 Å². The average Bonchev–Trinajstić information content (AvgIpc) is 2.39. The number of unbranched alkanes of at least 4 members (excludes halogenated alkanes) is 3. The van der Waals surface area contributed by atoms with E-state index in [1.165, 1.54) is 19.3 Å². The van der Waals surface area contributed by atoms with Crippen LogP contribution in [0, 0.1) is 0 Å². The molecule has 0 aromatic carbocycles. The number of rotatable bonds is 10. The molecule has 0 fully saturated rings. The SMILES string of the molecule is C=CCCCCCNCc1cccnc1OC(C)C. The van der Waals surface area contributed by atoms with E-state index in [1.54, 1.807) is 6.20 Å². The van der Waals surface area contributed by atoms with Crippen molar-refractivity contribution < 1.29 is 4.74 Å². The molecule has 1 rings (SSSR count). The molecule has 3 heteroatoms. The van der Waals surface area contributed by atoms with Gasteiger partial charge in [0.15, 0.2) is 0 Å². The number of ether oxygens (including phenoxy) is 1. The smallest absolute Gasteiger partial charge is 0.218 e. The minimum absolute atomic E-state index is 0.160. The van der Waals surface area contributed by atoms with Crippen LogP contribution in [-0.2, 0) is 6.54 Å². The zero-order valence-electron chi connectivity index (χ0n) is 12.2. The highest BCUT2D eigenvalue weighted by atomic mass is 16.5. The topological polar surface area (TPSA) is 34.2 Å². The van der Waals surface area contributed by atoms with E-state index in [0.29, 0.717) is 0 Å². The summed E-state index contributed by atoms with van der Waals surface area (Å²) in [5.74, 6) is 0.747. The molecular formula is C16H26N2O. The first-order chi connectivity index (χ1) is 9.24. The van der Waals surface area contributed by atoms with E-state index in [4.69, 9.17) is 4.74 Å². The lowest BCUT2D eigenvalue weighted by Crippen LogP contribution is -2.17. The maximum atomic E-state index is 5.69. The van der Waals surface area contributed by atoms with Gasteiger partial charge in [0.05, 0.1) is 6.10 Å². The Morgan fingerprint density at radius 2 is 2.21 bits per heavy atom. The lowest BCUT2D eigenvalue weighted by atomic mass is 10.2. The number of hydrogen-bond donors (Lipinski definition) is 1. The first-order valence-corrected chi connectivity index (χ1v) is 7.16. The molecule has 0 spiro atoms. The van der Waals surface area contributed by atoms with Gasteiger partial charge in [-0.3, -0.25) is 0 Å². The third-order valence-electron chi connectivity index (χ3n) is 2.77. The summed E-state index contributed by atoms with van der Waals surface area (Å²) in [7, 11) is 0. The Labute approximate surface area is 117 Å². The molecule has 1 heterocycles. The summed E-state index contributed by atoms with van der Waals surface area (Å²) in [6, 6.07) is 4.02. The molecule has 0 radical (unpaired) electrons. The van der Waals surface area contributed by atoms with Crippen molar-refractivity contribution in [2.45, 2.75) is 52.2 Å². The first kappa shape index (κ1) is 15.7. The van der Waals surface area contributed by atoms with E-state index in [0.717, 1.165) is 31.0 Å². The predicted octanol–water partition coefficient (Wildman–Crippen LogP) is 3.70. The van der Waals surface area contributed by atoms with Crippen molar-refractivity contribution in [1.82, 2.24) is 10.3 Å². The summed E-state index contributed by atoms with van der Waals surface area (Å²) >= 11 is 0. The summed E-state index contributed by atoms with van der Waals surface area (Å²) in [6.45, 7) is 9.62. The van der Waals surface area contributed by atoms with Gasteiger partial charge in [0.25, 0.3) is 0 Å². The van der Waals surface area contributed by atoms with Crippen LogP contribution in [0.15, 0.2) is 31.0 Å². The zero-order chi connectivity index (χ0) is 13.9. The van der Waals surface area contributed by atoms with Crippen molar-refractivity contribution in [3.63, 3.8) is 0 Å². The minimum Gasteiger partial charge on any atom is -0.475 e. The fourth-order valence-electron chi connectivity index (χ4n) is 1.83. The zero-order valence-corrected chi connectivity index (χ0v) is 12.2. The second-order valence-electron chi connectivity index (χ2n) is 4.95. The molecule has 3 nitrogen and oxygen atoms in total. The van der Waals surface area contributed by atoms with E-state index in [2.05, 4.69) is 22.9 Å². The van der Waals surface area contributed by atoms with Crippen molar-refractivity contribution in [2.75, 3.05) is 6.54 Å². The number of pyridine rings is 1. The number of allylic oxidation sites excluding steroid dienone is 1. The molecule has 0 saturated carbocycles. The molecule has 0 unspecified atom stereocenters. The third-order valence-corrected chi connectivity index (χ3v) is 2.77. The van der Waals surface area contributed by atoms with Crippen LogP contribution in [0.1, 0.15) is 45.1 Å². The number of nitrogens with zero attached hydrogens (tertiary/aromatic N) is 1. The van der Waals surface area contributed by atoms with Crippen molar-refractivity contribution in [3.05, 3.63) is 36.5 Å². The first-order valence-electron chi connectivity index (χ1n) is 7.16. The number of nitrogens with one attached hydrogen (secondary N) is 1. The fraction of sp³-hybridized carbons (Fsp3) is 0.562. The van der Waals surface area contributed by atoms with Crippen LogP contribution in [0.5, 0.6) is 5.88 Å². The summed E-state index contributed by atoms with van der Waals surface area (Å²) < 4.78 is 5.69. The molecule has 1 aromatic rings. The Morgan fingerprint density at radius 3 is 2.95 bits per heavy atom. The molecule has 0 atom stereocenters. The van der Waals surface area contributed by atoms with Crippen LogP contribution in [-0.4, -0.2) is 17.6 Å². The summed E-state index contributed by atoms with van der Waals surface area (Å²) in [5, 5.41) is 3.45. The van der Waals surface area contributed by atoms with Crippen LogP contribution in [0.2, 0.25) is 0 Å². The van der Waals surface area contributed by atoms with Crippen LogP contribution in [0.3, 0.4) is 0 Å². The second-order valence-corrected chi connectivity index (χ2v) is 4.95. The molecule has 0 amide bonds. The van der Waals surface area contributed by atoms with Crippen LogP contribution >= 0.6 is 0 Å². The number of hydrogen-bond acceptors (Lipinski definition) is 3. The lowest BCUT2D eigenvalue weighted by Gasteiger charge is -2.13. The normalized spacial score (nSPS) is 10.7. The molecule has 1 aromatic heterocycles. The van der Waals surface area contributed by atoms with E-state index in [9.17, 15) is 0 Å². The largest absolute Gasteiger partial charge is 0.475 e. The predicted molar refractivity (Wildman–Crippen MR) is 80.4 cm³/mol. The standard InChI is InChI=1S/C16H26N2O/c1-4-5-6-7-8-11-17-13-15-10-9-12-18-16(15)19-14(2)3/h4,9-10,12,14,17H,1,5-8,11,13H2,2-3H3. The molecule has 0 aliphatic carbocycles. The Balaban J connectivity index is 2.26. The summed E-state index contributed by atoms with van der Waals surface area (Å²) in [5.41, 5.74) is 1.13. The molecule has 0 aliphatic heterocycles. The highest BCUT2D eigenvalue weighted by Crippen LogP contribution is 2.15. The van der Waals surface area contributed by atoms with Crippen molar-refractivity contribution in [1.29, 1.82) is 0 Å². The molecule has 1 N–H and O–H groups in total. The van der Waals surface area contributed by atoms with Crippen molar-refractivity contribution in [2.24, 2.45) is 0 Å². The van der Waals surface area contributed by atoms with Crippen molar-refractivity contribution >= 4 is 0 Å². The van der Waals surface area contributed by atoms with E-state index < -0.39 is 0 Å². The van der Waals surface area contributed by atoms with Gasteiger partial charge < -0.3 is 10.1 Å². The highest BCUT2D eigenvalue weighted by Gasteiger charge is 2.05. The van der Waals surface area contributed by atoms with Crippen LogP contribution in [0.25, 0.3) is 0 Å². The van der Waals surface area contributed by atoms with Crippen LogP contribution in [0.4, 0.5) is 0 Å². The Kier molecular flexibility index (Phi) is 7.91. The van der Waals surface area contributed by atoms with E-state index in [1.807, 2.05) is 26.0 Å². The van der Waals surface area contributed by atoms with Gasteiger partial charge >= 0.3 is 0 Å². The van der Waals surface area contributed by atoms with Gasteiger partial charge in [0, 0.05) is 18.3 Å². The molecular weight excluding hydrogens is 236 g/mol. The summed E-state index contributed by atoms with van der Waals surface area (Å²) in [6.07, 6.45) is 8.73. The molecule has 0 aliphatic rings. The van der Waals surface area contributed by atoms with Crippen LogP contribution < -0.4 is 10.1 Å². The van der Waals surface area contributed by atoms with Gasteiger partial charge in [-0.05, 0) is 45.7 Å². The lowest BCUT2D eigenvalue weighted by molar-refractivity contribution is 0.229. The van der Waals surface area contributed by atoms with E-state index in [-0.39, 0.29) is 6.10 Å². The van der Waals surface area contributed by atoms with Gasteiger partial charge in [-0.15, -0.1) is 6.58 Å². The molecule has 19 heavy (non-hydrogen) atoms. The maximum Gasteiger partial charge on any atom is 0.218 e. The number of aromatic nitrogens is 1. The maximum absolute atomic E-state index is 5.69. The van der Waals surface area contributed by atoms with Gasteiger partial charge in [-0.25, -0.2) is 4.98 Å². The monoisotopic (exact) mass is 262 g/mol. The van der Waals surface area contributed by atoms with Gasteiger partial charge in [-0.1, -0.05) is 18.6 Å². The average molecular weight is 262 g/mol. The van der Waals surface area contributed by atoms with Crippen molar-refractivity contribution in [3.8, 4) is 5.88 Å². The third kappa shape index (κ3) is 6.97. The molecule has 0 bridgehead atoms. The Bertz CT molecular complexity index is 364. The van der Waals surface area contributed by atoms with Gasteiger partial charge in [-0.2, -0.15) is 0 Å². The summed E-state index contributed by atoms with van der Waals surface area (Å²) in [4.78, 5) is 4.28. The Hall–Kier alpha value is -1.35. The molecule has 0 saturated heterocycles. The molecule has 106 valence electrons.